The highest BCUT2D eigenvalue weighted by Crippen LogP contribution is 2.34. The van der Waals surface area contributed by atoms with Gasteiger partial charge in [-0.3, -0.25) is 9.59 Å². The van der Waals surface area contributed by atoms with Crippen LogP contribution in [-0.2, 0) is 9.59 Å². The molecule has 0 saturated carbocycles. The zero-order valence-electron chi connectivity index (χ0n) is 15.1. The molecule has 28 heavy (non-hydrogen) atoms. The predicted octanol–water partition coefficient (Wildman–Crippen LogP) is 4.21. The first kappa shape index (κ1) is 17.6. The summed E-state index contributed by atoms with van der Waals surface area (Å²) in [5.74, 6) is 0.726. The van der Waals surface area contributed by atoms with Crippen LogP contribution in [0.5, 0.6) is 17.2 Å². The van der Waals surface area contributed by atoms with Crippen molar-refractivity contribution in [3.05, 3.63) is 78.9 Å². The maximum absolute atomic E-state index is 12.8. The minimum Gasteiger partial charge on any atom is -0.466 e. The second kappa shape index (κ2) is 7.08. The number of fused-ring (bicyclic) bond motifs is 1. The van der Waals surface area contributed by atoms with Crippen LogP contribution >= 0.6 is 0 Å². The lowest BCUT2D eigenvalue weighted by Gasteiger charge is -2.33. The van der Waals surface area contributed by atoms with E-state index in [9.17, 15) is 9.59 Å². The monoisotopic (exact) mass is 374 g/mol. The van der Waals surface area contributed by atoms with Gasteiger partial charge in [-0.1, -0.05) is 30.3 Å². The molecule has 6 heteroatoms. The Morgan fingerprint density at radius 2 is 1.57 bits per heavy atom. The largest absolute Gasteiger partial charge is 0.466 e. The molecule has 0 saturated heterocycles. The first-order valence-electron chi connectivity index (χ1n) is 8.78. The molecule has 2 N–H and O–H groups in total. The highest BCUT2D eigenvalue weighted by molar-refractivity contribution is 6.19. The molecule has 3 aromatic carbocycles. The molecule has 6 nitrogen and oxygen atoms in total. The van der Waals surface area contributed by atoms with Gasteiger partial charge >= 0.3 is 0 Å². The maximum atomic E-state index is 12.8. The van der Waals surface area contributed by atoms with Gasteiger partial charge in [0, 0.05) is 5.69 Å². The van der Waals surface area contributed by atoms with Crippen molar-refractivity contribution >= 4 is 23.2 Å². The van der Waals surface area contributed by atoms with E-state index in [1.165, 1.54) is 6.92 Å². The Kier molecular flexibility index (Phi) is 4.45. The lowest BCUT2D eigenvalue weighted by Crippen LogP contribution is -2.56. The summed E-state index contributed by atoms with van der Waals surface area (Å²) in [5.41, 5.74) is -0.602. The lowest BCUT2D eigenvalue weighted by atomic mass is 10.0. The fraction of sp³-hybridized carbons (Fsp3) is 0.0909. The Morgan fingerprint density at radius 1 is 0.929 bits per heavy atom. The van der Waals surface area contributed by atoms with Gasteiger partial charge in [-0.25, -0.2) is 0 Å². The summed E-state index contributed by atoms with van der Waals surface area (Å²) in [6.45, 7) is 1.44. The predicted molar refractivity (Wildman–Crippen MR) is 106 cm³/mol. The van der Waals surface area contributed by atoms with E-state index in [-0.39, 0.29) is 0 Å². The van der Waals surface area contributed by atoms with Crippen molar-refractivity contribution < 1.29 is 19.1 Å². The molecule has 0 radical (unpaired) electrons. The Labute approximate surface area is 162 Å². The number of amides is 2. The van der Waals surface area contributed by atoms with Crippen molar-refractivity contribution in [1.29, 1.82) is 0 Å². The van der Waals surface area contributed by atoms with Crippen LogP contribution in [0.2, 0.25) is 0 Å². The van der Waals surface area contributed by atoms with E-state index in [4.69, 9.17) is 9.47 Å². The summed E-state index contributed by atoms with van der Waals surface area (Å²) < 4.78 is 11.4. The van der Waals surface area contributed by atoms with Gasteiger partial charge in [0.2, 0.25) is 0 Å². The smallest absolute Gasteiger partial charge is 0.278 e. The Balaban J connectivity index is 1.47. The van der Waals surface area contributed by atoms with E-state index in [0.717, 1.165) is 5.75 Å². The van der Waals surface area contributed by atoms with Crippen LogP contribution in [0.3, 0.4) is 0 Å². The number of hydrogen-bond donors (Lipinski definition) is 2. The molecule has 140 valence electrons. The minimum atomic E-state index is -1.67. The minimum absolute atomic E-state index is 0.450. The van der Waals surface area contributed by atoms with E-state index in [1.807, 2.05) is 30.3 Å². The number of rotatable bonds is 4. The van der Waals surface area contributed by atoms with Gasteiger partial charge in [-0.15, -0.1) is 0 Å². The average Bonchev–Trinajstić information content (AvgIpc) is 2.71. The molecular weight excluding hydrogens is 356 g/mol. The second-order valence-electron chi connectivity index (χ2n) is 6.48. The van der Waals surface area contributed by atoms with Crippen LogP contribution in [0.4, 0.5) is 11.4 Å². The van der Waals surface area contributed by atoms with E-state index in [1.54, 1.807) is 48.5 Å². The number of ether oxygens (including phenoxy) is 2. The molecule has 4 rings (SSSR count). The second-order valence-corrected chi connectivity index (χ2v) is 6.48. The molecule has 1 unspecified atom stereocenters. The van der Waals surface area contributed by atoms with Crippen molar-refractivity contribution in [3.8, 4) is 17.2 Å². The highest BCUT2D eigenvalue weighted by atomic mass is 16.5. The highest BCUT2D eigenvalue weighted by Gasteiger charge is 2.47. The van der Waals surface area contributed by atoms with Gasteiger partial charge in [0.05, 0.1) is 5.69 Å². The molecule has 0 spiro atoms. The molecule has 0 aromatic heterocycles. The number of carbonyl (C=O) groups is 2. The molecule has 1 aliphatic heterocycles. The summed E-state index contributed by atoms with van der Waals surface area (Å²) >= 11 is 0. The fourth-order valence-corrected chi connectivity index (χ4v) is 2.80. The third kappa shape index (κ3) is 3.40. The van der Waals surface area contributed by atoms with Crippen molar-refractivity contribution in [2.45, 2.75) is 12.5 Å². The number of anilines is 2. The van der Waals surface area contributed by atoms with E-state index >= 15 is 0 Å². The first-order valence-corrected chi connectivity index (χ1v) is 8.78. The number of hydrogen-bond acceptors (Lipinski definition) is 4. The molecule has 0 bridgehead atoms. The summed E-state index contributed by atoms with van der Waals surface area (Å²) in [4.78, 5) is 25.2. The summed E-state index contributed by atoms with van der Waals surface area (Å²) in [7, 11) is 0. The van der Waals surface area contributed by atoms with Gasteiger partial charge in [-0.2, -0.15) is 0 Å². The van der Waals surface area contributed by atoms with Crippen molar-refractivity contribution in [2.75, 3.05) is 10.6 Å². The third-order valence-electron chi connectivity index (χ3n) is 4.41. The topological polar surface area (TPSA) is 76.7 Å². The molecule has 0 fully saturated rings. The normalized spacial score (nSPS) is 17.7. The molecule has 1 atom stereocenters. The summed E-state index contributed by atoms with van der Waals surface area (Å²) in [6, 6.07) is 23.3. The Hall–Kier alpha value is -3.80. The van der Waals surface area contributed by atoms with Crippen molar-refractivity contribution in [2.24, 2.45) is 0 Å². The van der Waals surface area contributed by atoms with Crippen LogP contribution < -0.4 is 20.1 Å². The number of nitrogens with one attached hydrogen (secondary N) is 2. The van der Waals surface area contributed by atoms with Gasteiger partial charge in [-0.05, 0) is 55.5 Å². The van der Waals surface area contributed by atoms with E-state index < -0.39 is 17.4 Å². The number of carbonyl (C=O) groups excluding carboxylic acids is 2. The summed E-state index contributed by atoms with van der Waals surface area (Å²) in [5, 5.41) is 5.43. The van der Waals surface area contributed by atoms with Gasteiger partial charge < -0.3 is 20.1 Å². The third-order valence-corrected chi connectivity index (χ3v) is 4.41. The maximum Gasteiger partial charge on any atom is 0.278 e. The SMILES string of the molecule is CC1(C(=O)Nc2ccc(Oc3ccccc3)cc2)Oc2ccccc2NC1=O. The Bertz CT molecular complexity index is 1020. The molecule has 2 amide bonds. The zero-order valence-corrected chi connectivity index (χ0v) is 15.1. The van der Waals surface area contributed by atoms with E-state index in [2.05, 4.69) is 10.6 Å². The number of para-hydroxylation sites is 3. The van der Waals surface area contributed by atoms with Gasteiger partial charge in [0.15, 0.2) is 0 Å². The zero-order chi connectivity index (χ0) is 19.6. The molecular formula is C22H18N2O4. The number of benzene rings is 3. The van der Waals surface area contributed by atoms with Gasteiger partial charge in [0.1, 0.15) is 17.2 Å². The average molecular weight is 374 g/mol. The molecule has 0 aliphatic carbocycles. The van der Waals surface area contributed by atoms with Crippen LogP contribution in [0.15, 0.2) is 78.9 Å². The van der Waals surface area contributed by atoms with Crippen LogP contribution in [0.25, 0.3) is 0 Å². The van der Waals surface area contributed by atoms with Crippen molar-refractivity contribution in [1.82, 2.24) is 0 Å². The molecule has 3 aromatic rings. The van der Waals surface area contributed by atoms with Crippen molar-refractivity contribution in [3.63, 3.8) is 0 Å². The standard InChI is InChI=1S/C22H18N2O4/c1-22(21(26)24-18-9-5-6-10-19(18)28-22)20(25)23-15-11-13-17(14-12-15)27-16-7-3-2-4-8-16/h2-14H,1H3,(H,23,25)(H,24,26). The first-order chi connectivity index (χ1) is 13.5. The molecule has 1 heterocycles. The summed E-state index contributed by atoms with van der Waals surface area (Å²) in [6.07, 6.45) is 0. The Morgan fingerprint density at radius 3 is 2.32 bits per heavy atom. The van der Waals surface area contributed by atoms with Crippen LogP contribution in [-0.4, -0.2) is 17.4 Å². The molecule has 1 aliphatic rings. The lowest BCUT2D eigenvalue weighted by molar-refractivity contribution is -0.143. The van der Waals surface area contributed by atoms with Crippen LogP contribution in [0.1, 0.15) is 6.92 Å². The van der Waals surface area contributed by atoms with Crippen LogP contribution in [0, 0.1) is 0 Å². The van der Waals surface area contributed by atoms with E-state index in [0.29, 0.717) is 22.9 Å². The van der Waals surface area contributed by atoms with Gasteiger partial charge in [0.25, 0.3) is 17.4 Å². The quantitative estimate of drug-likeness (QED) is 0.671. The fourth-order valence-electron chi connectivity index (χ4n) is 2.80.